The molecule has 1 unspecified atom stereocenters. The van der Waals surface area contributed by atoms with E-state index in [1.807, 2.05) is 35.2 Å². The van der Waals surface area contributed by atoms with Gasteiger partial charge in [0.15, 0.2) is 0 Å². The van der Waals surface area contributed by atoms with Crippen molar-refractivity contribution < 1.29 is 28.2 Å². The Kier molecular flexibility index (Phi) is 7.64. The van der Waals surface area contributed by atoms with E-state index in [2.05, 4.69) is 5.32 Å². The number of carboxylic acid groups (broad SMARTS) is 1. The summed E-state index contributed by atoms with van der Waals surface area (Å²) < 4.78 is 34.5. The Morgan fingerprint density at radius 3 is 2.58 bits per heavy atom. The minimum atomic E-state index is -1.06. The van der Waals surface area contributed by atoms with E-state index >= 15 is 0 Å². The molecule has 1 fully saturated rings. The predicted molar refractivity (Wildman–Crippen MR) is 128 cm³/mol. The van der Waals surface area contributed by atoms with Gasteiger partial charge in [-0.1, -0.05) is 30.3 Å². The Balaban J connectivity index is 1.43. The van der Waals surface area contributed by atoms with Crippen LogP contribution in [0.2, 0.25) is 0 Å². The Hall–Kier alpha value is -3.79. The summed E-state index contributed by atoms with van der Waals surface area (Å²) in [6, 6.07) is 12.4. The molecular formula is C26H27F2N3O5. The molecule has 0 radical (unpaired) electrons. The number of hydrogen-bond acceptors (Lipinski definition) is 5. The van der Waals surface area contributed by atoms with Crippen LogP contribution in [-0.4, -0.2) is 51.8 Å². The van der Waals surface area contributed by atoms with Crippen molar-refractivity contribution in [2.75, 3.05) is 13.1 Å². The molecule has 3 aromatic rings. The molecule has 4 rings (SSSR count). The van der Waals surface area contributed by atoms with Crippen LogP contribution in [-0.2, 0) is 22.7 Å². The predicted octanol–water partition coefficient (Wildman–Crippen LogP) is 3.37. The maximum Gasteiger partial charge on any atom is 0.407 e. The number of hydrogen-bond donors (Lipinski definition) is 2. The van der Waals surface area contributed by atoms with E-state index in [1.54, 1.807) is 6.92 Å². The molecule has 2 heterocycles. The summed E-state index contributed by atoms with van der Waals surface area (Å²) in [4.78, 5) is 38.8. The zero-order valence-corrected chi connectivity index (χ0v) is 19.7. The minimum Gasteiger partial charge on any atom is -0.481 e. The number of ether oxygens (including phenoxy) is 1. The molecule has 0 bridgehead atoms. The highest BCUT2D eigenvalue weighted by Crippen LogP contribution is 2.25. The molecule has 2 N–H and O–H groups in total. The van der Waals surface area contributed by atoms with Gasteiger partial charge in [0.05, 0.1) is 11.4 Å². The van der Waals surface area contributed by atoms with Gasteiger partial charge in [0.25, 0.3) is 5.56 Å². The number of carboxylic acids is 1. The molecule has 0 aliphatic carbocycles. The van der Waals surface area contributed by atoms with E-state index in [0.29, 0.717) is 13.0 Å². The average molecular weight is 500 g/mol. The van der Waals surface area contributed by atoms with Crippen molar-refractivity contribution in [3.05, 3.63) is 82.1 Å². The fourth-order valence-corrected chi connectivity index (χ4v) is 4.81. The summed E-state index contributed by atoms with van der Waals surface area (Å²) in [6.07, 6.45) is -0.336. The first kappa shape index (κ1) is 25.3. The summed E-state index contributed by atoms with van der Waals surface area (Å²) in [7, 11) is 0. The standard InChI is InChI=1S/C26H27F2N3O5/c1-16-24(25(33)34)21(29-26(35)36-15-17-5-3-2-4-6-17)9-10-30(16)11-12-31-22-14-18(27)13-20(28)19(22)7-8-23(31)32/h2-8,13-14,16,21,24H,9-12,15H2,1H3,(H,29,35)(H,33,34)/t16?,21-,24-/m1/s1. The smallest absolute Gasteiger partial charge is 0.407 e. The first-order chi connectivity index (χ1) is 17.2. The summed E-state index contributed by atoms with van der Waals surface area (Å²) in [5.41, 5.74) is 0.543. The Bertz CT molecular complexity index is 1310. The Morgan fingerprint density at radius 2 is 1.86 bits per heavy atom. The van der Waals surface area contributed by atoms with Gasteiger partial charge in [0.1, 0.15) is 18.2 Å². The van der Waals surface area contributed by atoms with Gasteiger partial charge < -0.3 is 19.7 Å². The van der Waals surface area contributed by atoms with Gasteiger partial charge >= 0.3 is 12.1 Å². The fourth-order valence-electron chi connectivity index (χ4n) is 4.81. The maximum atomic E-state index is 14.2. The lowest BCUT2D eigenvalue weighted by molar-refractivity contribution is -0.147. The first-order valence-corrected chi connectivity index (χ1v) is 11.7. The Morgan fingerprint density at radius 1 is 1.11 bits per heavy atom. The second-order valence-electron chi connectivity index (χ2n) is 8.89. The second-order valence-corrected chi connectivity index (χ2v) is 8.89. The van der Waals surface area contributed by atoms with Crippen molar-refractivity contribution >= 4 is 23.0 Å². The molecule has 36 heavy (non-hydrogen) atoms. The number of amides is 1. The number of nitrogens with zero attached hydrogens (tertiary/aromatic N) is 2. The van der Waals surface area contributed by atoms with Crippen molar-refractivity contribution in [2.24, 2.45) is 5.92 Å². The number of carbonyl (C=O) groups is 2. The molecule has 0 saturated carbocycles. The lowest BCUT2D eigenvalue weighted by Crippen LogP contribution is -2.58. The molecule has 8 nitrogen and oxygen atoms in total. The molecule has 2 aromatic carbocycles. The molecule has 1 aromatic heterocycles. The number of fused-ring (bicyclic) bond motifs is 1. The second kappa shape index (κ2) is 10.9. The van der Waals surface area contributed by atoms with Crippen LogP contribution in [0.1, 0.15) is 18.9 Å². The third-order valence-electron chi connectivity index (χ3n) is 6.69. The third-order valence-corrected chi connectivity index (χ3v) is 6.69. The molecule has 190 valence electrons. The molecule has 0 spiro atoms. The van der Waals surface area contributed by atoms with E-state index in [0.717, 1.165) is 17.7 Å². The number of piperidine rings is 1. The molecule has 3 atom stereocenters. The van der Waals surface area contributed by atoms with Crippen molar-refractivity contribution in [1.82, 2.24) is 14.8 Å². The fraction of sp³-hybridized carbons (Fsp3) is 0.346. The highest BCUT2D eigenvalue weighted by Gasteiger charge is 2.41. The summed E-state index contributed by atoms with van der Waals surface area (Å²) >= 11 is 0. The maximum absolute atomic E-state index is 14.2. The summed E-state index contributed by atoms with van der Waals surface area (Å²) in [5.74, 6) is -3.53. The van der Waals surface area contributed by atoms with Crippen LogP contribution in [0.3, 0.4) is 0 Å². The van der Waals surface area contributed by atoms with Gasteiger partial charge in [-0.05, 0) is 31.0 Å². The summed E-state index contributed by atoms with van der Waals surface area (Å²) in [6.45, 7) is 2.67. The number of nitrogens with one attached hydrogen (secondary N) is 1. The quantitative estimate of drug-likeness (QED) is 0.517. The third kappa shape index (κ3) is 5.54. The van der Waals surface area contributed by atoms with E-state index in [4.69, 9.17) is 4.74 Å². The van der Waals surface area contributed by atoms with Gasteiger partial charge in [-0.3, -0.25) is 14.5 Å². The topological polar surface area (TPSA) is 101 Å². The number of rotatable bonds is 7. The molecule has 1 aliphatic heterocycles. The minimum absolute atomic E-state index is 0.0692. The number of pyridine rings is 1. The van der Waals surface area contributed by atoms with E-state index < -0.39 is 47.3 Å². The van der Waals surface area contributed by atoms with Crippen LogP contribution < -0.4 is 10.9 Å². The molecular weight excluding hydrogens is 472 g/mol. The molecule has 1 aliphatic rings. The zero-order valence-electron chi connectivity index (χ0n) is 19.7. The number of likely N-dealkylation sites (tertiary alicyclic amines) is 1. The SMILES string of the molecule is CC1[C@@H](C(=O)O)[C@H](NC(=O)OCc2ccccc2)CCN1CCn1c(=O)ccc2c(F)cc(F)cc21. The Labute approximate surface area is 206 Å². The first-order valence-electron chi connectivity index (χ1n) is 11.7. The molecule has 10 heteroatoms. The normalized spacial score (nSPS) is 20.2. The number of halogens is 2. The average Bonchev–Trinajstić information content (AvgIpc) is 2.83. The van der Waals surface area contributed by atoms with E-state index in [-0.39, 0.29) is 30.6 Å². The van der Waals surface area contributed by atoms with Gasteiger partial charge in [0.2, 0.25) is 0 Å². The van der Waals surface area contributed by atoms with Crippen LogP contribution in [0.5, 0.6) is 0 Å². The zero-order chi connectivity index (χ0) is 25.8. The van der Waals surface area contributed by atoms with Crippen LogP contribution in [0, 0.1) is 17.6 Å². The van der Waals surface area contributed by atoms with Crippen LogP contribution in [0.15, 0.2) is 59.4 Å². The number of alkyl carbamates (subject to hydrolysis) is 1. The van der Waals surface area contributed by atoms with E-state index in [1.165, 1.54) is 16.7 Å². The number of carbonyl (C=O) groups excluding carboxylic acids is 1. The highest BCUT2D eigenvalue weighted by atomic mass is 19.1. The van der Waals surface area contributed by atoms with Crippen molar-refractivity contribution in [3.63, 3.8) is 0 Å². The monoisotopic (exact) mass is 499 g/mol. The molecule has 1 amide bonds. The highest BCUT2D eigenvalue weighted by molar-refractivity contribution is 5.79. The van der Waals surface area contributed by atoms with Crippen molar-refractivity contribution in [2.45, 2.75) is 38.6 Å². The van der Waals surface area contributed by atoms with Gasteiger partial charge in [-0.2, -0.15) is 0 Å². The number of aromatic nitrogens is 1. The largest absolute Gasteiger partial charge is 0.481 e. The lowest BCUT2D eigenvalue weighted by atomic mass is 9.85. The number of benzene rings is 2. The lowest BCUT2D eigenvalue weighted by Gasteiger charge is -2.42. The van der Waals surface area contributed by atoms with Crippen molar-refractivity contribution in [3.8, 4) is 0 Å². The summed E-state index contributed by atoms with van der Waals surface area (Å²) in [5, 5.41) is 12.7. The van der Waals surface area contributed by atoms with Gasteiger partial charge in [-0.25, -0.2) is 13.6 Å². The van der Waals surface area contributed by atoms with Crippen molar-refractivity contribution in [1.29, 1.82) is 0 Å². The van der Waals surface area contributed by atoms with Crippen LogP contribution in [0.4, 0.5) is 13.6 Å². The van der Waals surface area contributed by atoms with Crippen LogP contribution >= 0.6 is 0 Å². The van der Waals surface area contributed by atoms with E-state index in [9.17, 15) is 28.3 Å². The van der Waals surface area contributed by atoms with Gasteiger partial charge in [-0.15, -0.1) is 0 Å². The van der Waals surface area contributed by atoms with Crippen LogP contribution in [0.25, 0.3) is 10.9 Å². The van der Waals surface area contributed by atoms with Gasteiger partial charge in [0, 0.05) is 49.2 Å². The molecule has 1 saturated heterocycles. The number of aliphatic carboxylic acids is 1.